The first kappa shape index (κ1) is 9.81. The lowest BCUT2D eigenvalue weighted by molar-refractivity contribution is -0.202. The van der Waals surface area contributed by atoms with Crippen molar-refractivity contribution in [1.29, 1.82) is 0 Å². The van der Waals surface area contributed by atoms with Crippen LogP contribution in [0.15, 0.2) is 22.6 Å². The summed E-state index contributed by atoms with van der Waals surface area (Å²) in [5.41, 5.74) is 2.48. The molecule has 2 heterocycles. The molecule has 16 heavy (non-hydrogen) atoms. The molecule has 1 fully saturated rings. The van der Waals surface area contributed by atoms with Gasteiger partial charge in [-0.2, -0.15) is 0 Å². The molecule has 2 aromatic rings. The molecule has 3 rings (SSSR count). The maximum absolute atomic E-state index is 5.53. The molecule has 0 radical (unpaired) electrons. The quantitative estimate of drug-likeness (QED) is 0.775. The highest BCUT2D eigenvalue weighted by atomic mass is 16.6. The van der Waals surface area contributed by atoms with Crippen molar-refractivity contribution in [2.24, 2.45) is 0 Å². The van der Waals surface area contributed by atoms with E-state index < -0.39 is 0 Å². The second-order valence-corrected chi connectivity index (χ2v) is 4.11. The van der Waals surface area contributed by atoms with Gasteiger partial charge in [0.15, 0.2) is 11.5 Å². The Morgan fingerprint density at radius 2 is 2.19 bits per heavy atom. The van der Waals surface area contributed by atoms with Gasteiger partial charge >= 0.3 is 0 Å². The first-order chi connectivity index (χ1) is 7.73. The van der Waals surface area contributed by atoms with Gasteiger partial charge in [0.05, 0.1) is 13.2 Å². The summed E-state index contributed by atoms with van der Waals surface area (Å²) in [5.74, 6) is 0.684. The molecule has 1 aliphatic heterocycles. The molecule has 0 bridgehead atoms. The molecule has 0 spiro atoms. The number of methoxy groups -OCH3 is 1. The second-order valence-electron chi connectivity index (χ2n) is 4.11. The van der Waals surface area contributed by atoms with Crippen molar-refractivity contribution in [3.8, 4) is 0 Å². The zero-order valence-corrected chi connectivity index (χ0v) is 9.32. The van der Waals surface area contributed by atoms with E-state index in [0.29, 0.717) is 19.1 Å². The third-order valence-electron chi connectivity index (χ3n) is 3.08. The highest BCUT2D eigenvalue weighted by molar-refractivity contribution is 5.73. The molecule has 0 amide bonds. The molecule has 84 valence electrons. The van der Waals surface area contributed by atoms with Crippen LogP contribution in [0.2, 0.25) is 0 Å². The number of oxazole rings is 1. The van der Waals surface area contributed by atoms with Crippen LogP contribution in [0.4, 0.5) is 0 Å². The molecule has 1 saturated heterocycles. The molecule has 4 nitrogen and oxygen atoms in total. The Labute approximate surface area is 93.2 Å². The van der Waals surface area contributed by atoms with Gasteiger partial charge in [-0.15, -0.1) is 0 Å². The molecular weight excluding hydrogens is 206 g/mol. The number of hydrogen-bond acceptors (Lipinski definition) is 4. The Morgan fingerprint density at radius 1 is 1.38 bits per heavy atom. The number of benzene rings is 1. The first-order valence-electron chi connectivity index (χ1n) is 5.24. The van der Waals surface area contributed by atoms with E-state index in [2.05, 4.69) is 4.98 Å². The van der Waals surface area contributed by atoms with Gasteiger partial charge in [0, 0.05) is 14.0 Å². The van der Waals surface area contributed by atoms with Crippen LogP contribution in [0.1, 0.15) is 11.5 Å². The number of hydrogen-bond donors (Lipinski definition) is 0. The van der Waals surface area contributed by atoms with Gasteiger partial charge in [0.1, 0.15) is 11.1 Å². The first-order valence-corrected chi connectivity index (χ1v) is 5.24. The van der Waals surface area contributed by atoms with Crippen LogP contribution in [-0.4, -0.2) is 25.3 Å². The average Bonchev–Trinajstić information content (AvgIpc) is 2.56. The molecule has 1 aliphatic rings. The SMILES string of the molecule is COC1(c2ccc3nc(C)oc3c2)COC1. The van der Waals surface area contributed by atoms with Gasteiger partial charge in [-0.1, -0.05) is 6.07 Å². The van der Waals surface area contributed by atoms with E-state index in [1.807, 2.05) is 25.1 Å². The van der Waals surface area contributed by atoms with E-state index in [1.54, 1.807) is 7.11 Å². The van der Waals surface area contributed by atoms with Gasteiger partial charge in [0.2, 0.25) is 0 Å². The van der Waals surface area contributed by atoms with Gasteiger partial charge < -0.3 is 13.9 Å². The largest absolute Gasteiger partial charge is 0.441 e. The number of ether oxygens (including phenoxy) is 2. The molecule has 0 aliphatic carbocycles. The zero-order chi connectivity index (χ0) is 11.2. The van der Waals surface area contributed by atoms with E-state index in [9.17, 15) is 0 Å². The summed E-state index contributed by atoms with van der Waals surface area (Å²) in [5, 5.41) is 0. The monoisotopic (exact) mass is 219 g/mol. The average molecular weight is 219 g/mol. The summed E-state index contributed by atoms with van der Waals surface area (Å²) < 4.78 is 16.3. The number of aromatic nitrogens is 1. The normalized spacial score (nSPS) is 18.6. The van der Waals surface area contributed by atoms with Crippen molar-refractivity contribution in [1.82, 2.24) is 4.98 Å². The van der Waals surface area contributed by atoms with Gasteiger partial charge in [0.25, 0.3) is 0 Å². The van der Waals surface area contributed by atoms with E-state index in [0.717, 1.165) is 16.7 Å². The minimum Gasteiger partial charge on any atom is -0.441 e. The maximum Gasteiger partial charge on any atom is 0.192 e. The van der Waals surface area contributed by atoms with E-state index in [-0.39, 0.29) is 5.60 Å². The van der Waals surface area contributed by atoms with Gasteiger partial charge in [-0.05, 0) is 17.7 Å². The predicted molar refractivity (Wildman–Crippen MR) is 58.3 cm³/mol. The predicted octanol–water partition coefficient (Wildman–Crippen LogP) is 2.01. The Hall–Kier alpha value is -1.39. The molecule has 0 atom stereocenters. The highest BCUT2D eigenvalue weighted by Crippen LogP contribution is 2.34. The summed E-state index contributed by atoms with van der Waals surface area (Å²) in [4.78, 5) is 4.27. The lowest BCUT2D eigenvalue weighted by Gasteiger charge is -2.40. The van der Waals surface area contributed by atoms with E-state index >= 15 is 0 Å². The summed E-state index contributed by atoms with van der Waals surface area (Å²) in [6.45, 7) is 3.04. The summed E-state index contributed by atoms with van der Waals surface area (Å²) in [6.07, 6.45) is 0. The fraction of sp³-hybridized carbons (Fsp3) is 0.417. The Bertz CT molecular complexity index is 523. The van der Waals surface area contributed by atoms with Crippen molar-refractivity contribution in [2.45, 2.75) is 12.5 Å². The third kappa shape index (κ3) is 1.27. The third-order valence-corrected chi connectivity index (χ3v) is 3.08. The fourth-order valence-electron chi connectivity index (χ4n) is 2.01. The van der Waals surface area contributed by atoms with Crippen LogP contribution in [0.3, 0.4) is 0 Å². The standard InChI is InChI=1S/C12H13NO3/c1-8-13-10-4-3-9(5-11(10)16-8)12(14-2)6-15-7-12/h3-5H,6-7H2,1-2H3. The summed E-state index contributed by atoms with van der Waals surface area (Å²) in [7, 11) is 1.71. The molecule has 1 aromatic carbocycles. The Morgan fingerprint density at radius 3 is 2.81 bits per heavy atom. The number of nitrogens with zero attached hydrogens (tertiary/aromatic N) is 1. The van der Waals surface area contributed by atoms with Gasteiger partial charge in [-0.25, -0.2) is 4.98 Å². The minimum atomic E-state index is -0.297. The molecule has 1 aromatic heterocycles. The molecular formula is C12H13NO3. The maximum atomic E-state index is 5.53. The summed E-state index contributed by atoms with van der Waals surface area (Å²) in [6, 6.07) is 5.97. The van der Waals surface area contributed by atoms with Crippen LogP contribution in [0.5, 0.6) is 0 Å². The van der Waals surface area contributed by atoms with Crippen LogP contribution in [0, 0.1) is 6.92 Å². The molecule has 4 heteroatoms. The molecule has 0 saturated carbocycles. The summed E-state index contributed by atoms with van der Waals surface area (Å²) >= 11 is 0. The fourth-order valence-corrected chi connectivity index (χ4v) is 2.01. The van der Waals surface area contributed by atoms with Crippen molar-refractivity contribution in [2.75, 3.05) is 20.3 Å². The van der Waals surface area contributed by atoms with Crippen LogP contribution in [0.25, 0.3) is 11.1 Å². The van der Waals surface area contributed by atoms with Crippen molar-refractivity contribution in [3.05, 3.63) is 29.7 Å². The topological polar surface area (TPSA) is 44.5 Å². The van der Waals surface area contributed by atoms with Gasteiger partial charge in [-0.3, -0.25) is 0 Å². The lowest BCUT2D eigenvalue weighted by Crippen LogP contribution is -2.48. The number of rotatable bonds is 2. The number of fused-ring (bicyclic) bond motifs is 1. The smallest absolute Gasteiger partial charge is 0.192 e. The lowest BCUT2D eigenvalue weighted by atomic mass is 9.91. The van der Waals surface area contributed by atoms with Crippen LogP contribution < -0.4 is 0 Å². The molecule has 0 unspecified atom stereocenters. The minimum absolute atomic E-state index is 0.297. The highest BCUT2D eigenvalue weighted by Gasteiger charge is 2.40. The second kappa shape index (κ2) is 3.30. The number of aryl methyl sites for hydroxylation is 1. The van der Waals surface area contributed by atoms with Crippen molar-refractivity contribution in [3.63, 3.8) is 0 Å². The Kier molecular flexibility index (Phi) is 2.02. The van der Waals surface area contributed by atoms with E-state index in [4.69, 9.17) is 13.9 Å². The molecule has 0 N–H and O–H groups in total. The van der Waals surface area contributed by atoms with Crippen LogP contribution >= 0.6 is 0 Å². The van der Waals surface area contributed by atoms with Crippen molar-refractivity contribution < 1.29 is 13.9 Å². The van der Waals surface area contributed by atoms with Crippen LogP contribution in [-0.2, 0) is 15.1 Å². The van der Waals surface area contributed by atoms with Crippen molar-refractivity contribution >= 4 is 11.1 Å². The van der Waals surface area contributed by atoms with E-state index in [1.165, 1.54) is 0 Å². The Balaban J connectivity index is 2.10. The zero-order valence-electron chi connectivity index (χ0n) is 9.32.